The number of carboxylic acid groups (broad SMARTS) is 1. The molecule has 0 aliphatic carbocycles. The number of carboxylic acids is 1. The van der Waals surface area contributed by atoms with Crippen molar-refractivity contribution in [3.05, 3.63) is 65.9 Å². The van der Waals surface area contributed by atoms with Crippen molar-refractivity contribution >= 4 is 24.4 Å². The summed E-state index contributed by atoms with van der Waals surface area (Å²) in [6.07, 6.45) is 6.19. The lowest BCUT2D eigenvalue weighted by molar-refractivity contribution is -0.139. The largest absolute Gasteiger partial charge is 0.494 e. The highest BCUT2D eigenvalue weighted by Gasteiger charge is 2.34. The number of fused-ring (bicyclic) bond motifs is 1. The van der Waals surface area contributed by atoms with Gasteiger partial charge in [-0.25, -0.2) is 5.09 Å². The van der Waals surface area contributed by atoms with Gasteiger partial charge in [0.25, 0.3) is 7.52 Å². The van der Waals surface area contributed by atoms with E-state index < -0.39 is 25.2 Å². The maximum atomic E-state index is 13.7. The topological polar surface area (TPSA) is 113 Å². The zero-order chi connectivity index (χ0) is 27.7. The number of carbonyl (C=O) groups is 1. The molecule has 0 saturated carbocycles. The van der Waals surface area contributed by atoms with Crippen LogP contribution in [0.5, 0.6) is 5.75 Å². The molecule has 2 aromatic carbocycles. The van der Waals surface area contributed by atoms with Crippen molar-refractivity contribution in [1.29, 1.82) is 0 Å². The Bertz CT molecular complexity index is 1200. The predicted octanol–water partition coefficient (Wildman–Crippen LogP) is 6.12. The highest BCUT2D eigenvalue weighted by atomic mass is 31.2. The van der Waals surface area contributed by atoms with Gasteiger partial charge in [-0.3, -0.25) is 9.36 Å². The fraction of sp³-hybridized carbons (Fsp3) is 0.500. The summed E-state index contributed by atoms with van der Waals surface area (Å²) in [5.41, 5.74) is 2.18. The molecule has 4 rings (SSSR count). The molecule has 0 spiro atoms. The number of unbranched alkanes of at least 4 members (excludes halogenated alkanes) is 1. The smallest absolute Gasteiger partial charge is 0.321 e. The van der Waals surface area contributed by atoms with E-state index in [-0.39, 0.29) is 13.0 Å². The second-order valence-electron chi connectivity index (χ2n) is 10.8. The molecule has 2 heterocycles. The van der Waals surface area contributed by atoms with Crippen molar-refractivity contribution in [2.24, 2.45) is 5.92 Å². The average Bonchev–Trinajstić information content (AvgIpc) is 3.36. The number of H-pyrrole nitrogens is 1. The van der Waals surface area contributed by atoms with Crippen LogP contribution in [0.1, 0.15) is 57.2 Å². The Morgan fingerprint density at radius 1 is 1.10 bits per heavy atom. The molecule has 212 valence electrons. The molecule has 1 aliphatic rings. The third-order valence-corrected chi connectivity index (χ3v) is 9.95. The van der Waals surface area contributed by atoms with Crippen LogP contribution < -0.4 is 15.1 Å². The number of aliphatic carboxylic acids is 1. The second-order valence-corrected chi connectivity index (χ2v) is 13.5. The minimum atomic E-state index is -3.47. The Balaban J connectivity index is 1.27. The summed E-state index contributed by atoms with van der Waals surface area (Å²) in [4.78, 5) is 15.4. The Morgan fingerprint density at radius 2 is 1.85 bits per heavy atom. The van der Waals surface area contributed by atoms with Gasteiger partial charge in [0.15, 0.2) is 0 Å². The van der Waals surface area contributed by atoms with Gasteiger partial charge in [0.05, 0.1) is 13.2 Å². The molecule has 8 nitrogen and oxygen atoms in total. The average molecular weight is 556 g/mol. The number of hydrogen-bond acceptors (Lipinski definition) is 5. The molecule has 1 aliphatic heterocycles. The molecule has 1 fully saturated rings. The van der Waals surface area contributed by atoms with Gasteiger partial charge in [-0.1, -0.05) is 50.6 Å². The monoisotopic (exact) mass is 555 g/mol. The van der Waals surface area contributed by atoms with Crippen LogP contribution in [-0.4, -0.2) is 47.5 Å². The first-order valence-electron chi connectivity index (χ1n) is 14.1. The summed E-state index contributed by atoms with van der Waals surface area (Å²) in [6, 6.07) is 16.2. The normalized spacial score (nSPS) is 16.8. The molecule has 9 heteroatoms. The maximum Gasteiger partial charge on any atom is 0.321 e. The zero-order valence-corrected chi connectivity index (χ0v) is 23.9. The third kappa shape index (κ3) is 8.67. The summed E-state index contributed by atoms with van der Waals surface area (Å²) in [5, 5.41) is 17.2. The number of rotatable bonds is 15. The standard InChI is InChI=1S/C30H42N3O5P/c1-22(2)39(36,38-21-26-20-25-8-3-4-9-28(25)32-26)33-29(30(34)35)19-24-10-12-27(13-11-24)37-18-6-5-7-23-14-16-31-17-15-23/h3-4,8-13,20,22-23,29,31-32H,5-7,14-19,21H2,1-2H3,(H,33,36)(H,34,35)/t29-,39?/m0/s1. The fourth-order valence-electron chi connectivity index (χ4n) is 4.97. The Kier molecular flexibility index (Phi) is 10.6. The van der Waals surface area contributed by atoms with Gasteiger partial charge in [0.2, 0.25) is 0 Å². The molecule has 0 radical (unpaired) electrons. The first kappa shape index (κ1) is 29.3. The molecule has 0 bridgehead atoms. The fourth-order valence-corrected chi connectivity index (χ4v) is 6.61. The van der Waals surface area contributed by atoms with E-state index in [9.17, 15) is 14.5 Å². The lowest BCUT2D eigenvalue weighted by atomic mass is 9.93. The van der Waals surface area contributed by atoms with Gasteiger partial charge in [-0.05, 0) is 86.3 Å². The molecule has 0 amide bonds. The molecular formula is C30H42N3O5P. The van der Waals surface area contributed by atoms with Gasteiger partial charge in [0.1, 0.15) is 11.8 Å². The van der Waals surface area contributed by atoms with E-state index in [4.69, 9.17) is 9.26 Å². The minimum Gasteiger partial charge on any atom is -0.494 e. The number of piperidine rings is 1. The second kappa shape index (κ2) is 14.1. The van der Waals surface area contributed by atoms with Crippen LogP contribution in [0, 0.1) is 5.92 Å². The van der Waals surface area contributed by atoms with Gasteiger partial charge < -0.3 is 24.7 Å². The number of nitrogens with one attached hydrogen (secondary N) is 3. The molecule has 2 atom stereocenters. The molecular weight excluding hydrogens is 513 g/mol. The van der Waals surface area contributed by atoms with Gasteiger partial charge in [0, 0.05) is 16.9 Å². The van der Waals surface area contributed by atoms with Crippen LogP contribution in [0.4, 0.5) is 0 Å². The summed E-state index contributed by atoms with van der Waals surface area (Å²) in [7, 11) is -3.47. The van der Waals surface area contributed by atoms with Crippen molar-refractivity contribution in [3.8, 4) is 5.75 Å². The number of ether oxygens (including phenoxy) is 1. The Labute approximate surface area is 231 Å². The van der Waals surface area contributed by atoms with E-state index >= 15 is 0 Å². The van der Waals surface area contributed by atoms with Crippen LogP contribution >= 0.6 is 7.52 Å². The third-order valence-electron chi connectivity index (χ3n) is 7.41. The highest BCUT2D eigenvalue weighted by molar-refractivity contribution is 7.57. The SMILES string of the molecule is CC(C)P(=O)(N[C@@H](Cc1ccc(OCCCCC2CCNCC2)cc1)C(=O)O)OCc1cc2ccccc2[nH]1. The number of hydrogen-bond donors (Lipinski definition) is 4. The molecule has 3 aromatic rings. The summed E-state index contributed by atoms with van der Waals surface area (Å²) in [6.45, 7) is 6.59. The number of aromatic nitrogens is 1. The van der Waals surface area contributed by atoms with Crippen molar-refractivity contribution in [1.82, 2.24) is 15.4 Å². The lowest BCUT2D eigenvalue weighted by Crippen LogP contribution is -2.38. The number of para-hydroxylation sites is 1. The van der Waals surface area contributed by atoms with Crippen LogP contribution in [0.2, 0.25) is 0 Å². The van der Waals surface area contributed by atoms with E-state index in [0.717, 1.165) is 53.3 Å². The van der Waals surface area contributed by atoms with Gasteiger partial charge in [-0.15, -0.1) is 0 Å². The first-order chi connectivity index (χ1) is 18.8. The van der Waals surface area contributed by atoms with Crippen LogP contribution in [-0.2, 0) is 26.9 Å². The first-order valence-corrected chi connectivity index (χ1v) is 15.8. The van der Waals surface area contributed by atoms with Gasteiger partial charge >= 0.3 is 5.97 Å². The summed E-state index contributed by atoms with van der Waals surface area (Å²) in [5.74, 6) is 0.542. The van der Waals surface area contributed by atoms with E-state index in [2.05, 4.69) is 15.4 Å². The Morgan fingerprint density at radius 3 is 2.54 bits per heavy atom. The van der Waals surface area contributed by atoms with E-state index in [0.29, 0.717) is 6.61 Å². The van der Waals surface area contributed by atoms with E-state index in [1.165, 1.54) is 25.7 Å². The predicted molar refractivity (Wildman–Crippen MR) is 155 cm³/mol. The van der Waals surface area contributed by atoms with Crippen LogP contribution in [0.25, 0.3) is 10.9 Å². The van der Waals surface area contributed by atoms with Crippen molar-refractivity contribution in [3.63, 3.8) is 0 Å². The molecule has 1 aromatic heterocycles. The number of aromatic amines is 1. The van der Waals surface area contributed by atoms with Crippen LogP contribution in [0.15, 0.2) is 54.6 Å². The molecule has 39 heavy (non-hydrogen) atoms. The van der Waals surface area contributed by atoms with E-state index in [1.807, 2.05) is 54.6 Å². The Hall–Kier alpha value is -2.64. The van der Waals surface area contributed by atoms with Crippen molar-refractivity contribution in [2.45, 2.75) is 70.7 Å². The lowest BCUT2D eigenvalue weighted by Gasteiger charge is -2.26. The van der Waals surface area contributed by atoms with Crippen molar-refractivity contribution in [2.75, 3.05) is 19.7 Å². The summed E-state index contributed by atoms with van der Waals surface area (Å²) >= 11 is 0. The number of benzene rings is 2. The van der Waals surface area contributed by atoms with Crippen LogP contribution in [0.3, 0.4) is 0 Å². The molecule has 4 N–H and O–H groups in total. The zero-order valence-electron chi connectivity index (χ0n) is 23.0. The molecule has 1 unspecified atom stereocenters. The highest BCUT2D eigenvalue weighted by Crippen LogP contribution is 2.49. The summed E-state index contributed by atoms with van der Waals surface area (Å²) < 4.78 is 25.5. The molecule has 1 saturated heterocycles. The van der Waals surface area contributed by atoms with E-state index in [1.54, 1.807) is 13.8 Å². The van der Waals surface area contributed by atoms with Gasteiger partial charge in [-0.2, -0.15) is 0 Å². The quantitative estimate of drug-likeness (QED) is 0.132. The minimum absolute atomic E-state index is 0.0907. The maximum absolute atomic E-state index is 13.7. The van der Waals surface area contributed by atoms with Crippen molar-refractivity contribution < 1.29 is 23.7 Å².